The first-order valence-electron chi connectivity index (χ1n) is 11.6. The molecule has 1 fully saturated rings. The predicted molar refractivity (Wildman–Crippen MR) is 129 cm³/mol. The monoisotopic (exact) mass is 477 g/mol. The molecular formula is C27H28FN3O4. The summed E-state index contributed by atoms with van der Waals surface area (Å²) in [6.07, 6.45) is 0.460. The molecule has 0 bridgehead atoms. The Hall–Kier alpha value is -3.81. The number of ether oxygens (including phenoxy) is 2. The number of rotatable bonds is 7. The Morgan fingerprint density at radius 2 is 1.89 bits per heavy atom. The van der Waals surface area contributed by atoms with Crippen LogP contribution in [-0.2, 0) is 16.1 Å². The molecule has 182 valence electrons. The molecule has 7 nitrogen and oxygen atoms in total. The van der Waals surface area contributed by atoms with E-state index in [1.165, 1.54) is 19.2 Å². The Balaban J connectivity index is 1.61. The Morgan fingerprint density at radius 3 is 2.46 bits per heavy atom. The van der Waals surface area contributed by atoms with E-state index in [1.54, 1.807) is 17.0 Å². The Labute approximate surface area is 203 Å². The second-order valence-electron chi connectivity index (χ2n) is 9.14. The lowest BCUT2D eigenvalue weighted by atomic mass is 10.1. The summed E-state index contributed by atoms with van der Waals surface area (Å²) in [4.78, 5) is 26.0. The molecule has 0 radical (unpaired) electrons. The minimum absolute atomic E-state index is 0.00912. The van der Waals surface area contributed by atoms with Gasteiger partial charge in [0, 0.05) is 30.6 Å². The molecule has 2 heterocycles. The lowest BCUT2D eigenvalue weighted by molar-refractivity contribution is -0.128. The summed E-state index contributed by atoms with van der Waals surface area (Å²) >= 11 is 0. The molecule has 1 atom stereocenters. The molecule has 0 unspecified atom stereocenters. The summed E-state index contributed by atoms with van der Waals surface area (Å²) in [6, 6.07) is 13.7. The number of carbonyl (C=O) groups is 2. The molecule has 0 aliphatic carbocycles. The number of hydrogen-bond acceptors (Lipinski definition) is 6. The predicted octanol–water partition coefficient (Wildman–Crippen LogP) is 5.35. The maximum atomic E-state index is 14.7. The highest BCUT2D eigenvalue weighted by atomic mass is 19.1. The topological polar surface area (TPSA) is 81.6 Å². The molecule has 1 aliphatic heterocycles. The van der Waals surface area contributed by atoms with E-state index < -0.39 is 11.8 Å². The van der Waals surface area contributed by atoms with Crippen molar-refractivity contribution < 1.29 is 23.5 Å². The van der Waals surface area contributed by atoms with Gasteiger partial charge in [0.05, 0.1) is 24.1 Å². The van der Waals surface area contributed by atoms with Gasteiger partial charge in [-0.3, -0.25) is 4.79 Å². The fourth-order valence-electron chi connectivity index (χ4n) is 4.03. The third-order valence-electron chi connectivity index (χ3n) is 5.98. The number of carbonyl (C=O) groups excluding carboxylic acids is 2. The smallest absolute Gasteiger partial charge is 0.340 e. The highest BCUT2D eigenvalue weighted by Crippen LogP contribution is 2.32. The molecular weight excluding hydrogens is 449 g/mol. The van der Waals surface area contributed by atoms with Gasteiger partial charge in [0.1, 0.15) is 17.3 Å². The largest absolute Gasteiger partial charge is 0.465 e. The van der Waals surface area contributed by atoms with Gasteiger partial charge < -0.3 is 14.4 Å². The summed E-state index contributed by atoms with van der Waals surface area (Å²) in [7, 11) is 1.19. The zero-order chi connectivity index (χ0) is 25.1. The molecule has 3 aromatic rings. The maximum Gasteiger partial charge on any atom is 0.340 e. The van der Waals surface area contributed by atoms with E-state index >= 15 is 0 Å². The van der Waals surface area contributed by atoms with Crippen molar-refractivity contribution in [1.29, 1.82) is 0 Å². The van der Waals surface area contributed by atoms with Gasteiger partial charge in [-0.05, 0) is 60.4 Å². The molecule has 0 saturated carbocycles. The molecule has 1 amide bonds. The second kappa shape index (κ2) is 10.2. The summed E-state index contributed by atoms with van der Waals surface area (Å²) in [5.41, 5.74) is 2.76. The fourth-order valence-corrected chi connectivity index (χ4v) is 4.03. The quantitative estimate of drug-likeness (QED) is 0.427. The van der Waals surface area contributed by atoms with Crippen LogP contribution in [0, 0.1) is 11.7 Å². The van der Waals surface area contributed by atoms with Crippen LogP contribution in [0.4, 0.5) is 4.39 Å². The van der Waals surface area contributed by atoms with Gasteiger partial charge in [-0.1, -0.05) is 20.8 Å². The Morgan fingerprint density at radius 1 is 1.14 bits per heavy atom. The zero-order valence-corrected chi connectivity index (χ0v) is 20.2. The van der Waals surface area contributed by atoms with Crippen LogP contribution in [0.3, 0.4) is 0 Å². The number of nitrogens with zero attached hydrogens (tertiary/aromatic N) is 3. The third-order valence-corrected chi connectivity index (χ3v) is 5.98. The van der Waals surface area contributed by atoms with Crippen molar-refractivity contribution in [3.05, 3.63) is 71.2 Å². The van der Waals surface area contributed by atoms with E-state index in [2.05, 4.69) is 24.0 Å². The first-order valence-corrected chi connectivity index (χ1v) is 11.6. The zero-order valence-electron chi connectivity index (χ0n) is 20.2. The van der Waals surface area contributed by atoms with Crippen LogP contribution < -0.4 is 4.74 Å². The highest BCUT2D eigenvalue weighted by molar-refractivity contribution is 5.90. The van der Waals surface area contributed by atoms with E-state index in [4.69, 9.17) is 9.47 Å². The molecule has 1 aliphatic rings. The van der Waals surface area contributed by atoms with Gasteiger partial charge in [-0.15, -0.1) is 0 Å². The van der Waals surface area contributed by atoms with Crippen LogP contribution in [0.25, 0.3) is 11.3 Å². The molecule has 8 heteroatoms. The maximum absolute atomic E-state index is 14.7. The summed E-state index contributed by atoms with van der Waals surface area (Å²) < 4.78 is 25.5. The van der Waals surface area contributed by atoms with Crippen molar-refractivity contribution in [3.63, 3.8) is 0 Å². The minimum Gasteiger partial charge on any atom is -0.465 e. The van der Waals surface area contributed by atoms with Crippen LogP contribution >= 0.6 is 0 Å². The number of methoxy groups -OCH3 is 1. The first kappa shape index (κ1) is 24.3. The molecule has 0 N–H and O–H groups in total. The summed E-state index contributed by atoms with van der Waals surface area (Å²) in [5, 5.41) is 8.56. The number of aromatic nitrogens is 2. The molecule has 1 aromatic heterocycles. The van der Waals surface area contributed by atoms with E-state index in [9.17, 15) is 14.0 Å². The average Bonchev–Trinajstić information content (AvgIpc) is 3.17. The number of likely N-dealkylation sites (tertiary alicyclic amines) is 1. The van der Waals surface area contributed by atoms with E-state index in [-0.39, 0.29) is 29.7 Å². The van der Waals surface area contributed by atoms with Crippen molar-refractivity contribution in [3.8, 4) is 22.8 Å². The Kier molecular flexibility index (Phi) is 7.10. The van der Waals surface area contributed by atoms with Crippen LogP contribution in [0.5, 0.6) is 11.5 Å². The van der Waals surface area contributed by atoms with Crippen LogP contribution in [0.15, 0.2) is 48.5 Å². The van der Waals surface area contributed by atoms with Gasteiger partial charge in [-0.2, -0.15) is 10.2 Å². The average molecular weight is 478 g/mol. The van der Waals surface area contributed by atoms with Crippen molar-refractivity contribution in [2.24, 2.45) is 5.92 Å². The van der Waals surface area contributed by atoms with Crippen LogP contribution in [-0.4, -0.2) is 40.6 Å². The lowest BCUT2D eigenvalue weighted by Crippen LogP contribution is -2.25. The number of benzene rings is 2. The van der Waals surface area contributed by atoms with E-state index in [1.807, 2.05) is 31.2 Å². The minimum atomic E-state index is -0.802. The lowest BCUT2D eigenvalue weighted by Gasteiger charge is -2.20. The van der Waals surface area contributed by atoms with E-state index in [0.29, 0.717) is 30.2 Å². The van der Waals surface area contributed by atoms with E-state index in [0.717, 1.165) is 17.0 Å². The van der Waals surface area contributed by atoms with Gasteiger partial charge >= 0.3 is 5.97 Å². The molecule has 1 saturated heterocycles. The third kappa shape index (κ3) is 5.48. The van der Waals surface area contributed by atoms with Gasteiger partial charge in [0.25, 0.3) is 0 Å². The molecule has 2 aromatic carbocycles. The summed E-state index contributed by atoms with van der Waals surface area (Å²) in [6.45, 7) is 6.89. The van der Waals surface area contributed by atoms with Crippen molar-refractivity contribution in [2.45, 2.75) is 39.7 Å². The second-order valence-corrected chi connectivity index (χ2v) is 9.14. The van der Waals surface area contributed by atoms with Crippen molar-refractivity contribution >= 4 is 11.9 Å². The molecule has 4 rings (SSSR count). The van der Waals surface area contributed by atoms with Crippen molar-refractivity contribution in [1.82, 2.24) is 15.1 Å². The number of hydrogen-bond donors (Lipinski definition) is 0. The van der Waals surface area contributed by atoms with Gasteiger partial charge in [0.15, 0.2) is 0 Å². The number of halogens is 1. The Bertz CT molecular complexity index is 1230. The fraction of sp³-hybridized carbons (Fsp3) is 0.333. The molecule has 35 heavy (non-hydrogen) atoms. The van der Waals surface area contributed by atoms with Crippen LogP contribution in [0.2, 0.25) is 0 Å². The molecule has 0 spiro atoms. The van der Waals surface area contributed by atoms with Gasteiger partial charge in [-0.25, -0.2) is 9.18 Å². The normalized spacial score (nSPS) is 15.5. The standard InChI is InChI=1S/C27H28FN3O4/c1-16(2)23-9-10-24(30-29-23)18-5-7-20(8-6-18)35-25-13-21(27(33)34-4)22(28)12-19(25)15-31-14-17(3)11-26(31)32/h5-10,12-13,16-17H,11,14-15H2,1-4H3/t17-/m0/s1. The van der Waals surface area contributed by atoms with Crippen LogP contribution in [0.1, 0.15) is 54.7 Å². The summed E-state index contributed by atoms with van der Waals surface area (Å²) in [5.74, 6) is -0.211. The first-order chi connectivity index (χ1) is 16.7. The SMILES string of the molecule is COC(=O)c1cc(Oc2ccc(-c3ccc(C(C)C)nn3)cc2)c(CN2C[C@@H](C)CC2=O)cc1F. The van der Waals surface area contributed by atoms with Gasteiger partial charge in [0.2, 0.25) is 5.91 Å². The number of esters is 1. The highest BCUT2D eigenvalue weighted by Gasteiger charge is 2.28. The number of amides is 1. The van der Waals surface area contributed by atoms with Crippen molar-refractivity contribution in [2.75, 3.05) is 13.7 Å².